The normalized spacial score (nSPS) is 18.3. The van der Waals surface area contributed by atoms with Crippen LogP contribution in [0.3, 0.4) is 0 Å². The van der Waals surface area contributed by atoms with Gasteiger partial charge in [-0.1, -0.05) is 107 Å². The van der Waals surface area contributed by atoms with E-state index in [1.54, 1.807) is 74.4 Å². The number of amides is 3. The number of carbonyl (C=O) groups excluding carboxylic acids is 3. The summed E-state index contributed by atoms with van der Waals surface area (Å²) in [5.41, 5.74) is 3.75. The molecule has 3 N–H and O–H groups in total. The van der Waals surface area contributed by atoms with Crippen LogP contribution >= 0.6 is 22.4 Å². The molecular weight excluding hydrogens is 726 g/mol. The first-order valence-corrected chi connectivity index (χ1v) is 19.6. The minimum atomic E-state index is -3.60. The number of phenolic OH excluding ortho intramolecular Hbond substituents is 1. The average Bonchev–Trinajstić information content (AvgIpc) is 3.51. The van der Waals surface area contributed by atoms with Crippen molar-refractivity contribution in [3.8, 4) is 5.75 Å². The molecule has 11 nitrogen and oxygen atoms in total. The molecule has 1 aromatic heterocycles. The highest BCUT2D eigenvalue weighted by Gasteiger charge is 2.51. The molecule has 2 atom stereocenters. The van der Waals surface area contributed by atoms with Gasteiger partial charge in [-0.2, -0.15) is 0 Å². The Morgan fingerprint density at radius 3 is 2.37 bits per heavy atom. The lowest BCUT2D eigenvalue weighted by atomic mass is 9.97. The van der Waals surface area contributed by atoms with Crippen LogP contribution in [0.2, 0.25) is 5.02 Å². The highest BCUT2D eigenvalue weighted by molar-refractivity contribution is 8.23. The SMILES string of the molecule is C=CCN1CC(=O)N2[C@@H](Cc3ccc(O)cc3)C(=O)N(Cc3cccc4c(Cl)cn(S(O)(O)c5ccc(C)cc5)c34)C[C@@H]2N1C(=O)CCc1ccccc1. The molecule has 4 aromatic carbocycles. The van der Waals surface area contributed by atoms with Crippen molar-refractivity contribution in [2.24, 2.45) is 0 Å². The van der Waals surface area contributed by atoms with Crippen LogP contribution in [0.5, 0.6) is 5.75 Å². The average molecular weight is 768 g/mol. The number of halogens is 1. The molecule has 2 saturated heterocycles. The van der Waals surface area contributed by atoms with Gasteiger partial charge in [0, 0.05) is 37.5 Å². The number of piperazine rings is 1. The molecule has 7 rings (SSSR count). The van der Waals surface area contributed by atoms with Crippen molar-refractivity contribution in [3.05, 3.63) is 143 Å². The Kier molecular flexibility index (Phi) is 10.6. The molecule has 5 aromatic rings. The van der Waals surface area contributed by atoms with Crippen molar-refractivity contribution >= 4 is 51.0 Å². The zero-order valence-electron chi connectivity index (χ0n) is 29.8. The van der Waals surface area contributed by atoms with Crippen LogP contribution in [-0.2, 0) is 33.8 Å². The van der Waals surface area contributed by atoms with E-state index in [2.05, 4.69) is 6.58 Å². The van der Waals surface area contributed by atoms with Gasteiger partial charge in [0.2, 0.25) is 17.7 Å². The molecule has 0 bridgehead atoms. The number of hydrazine groups is 1. The molecule has 54 heavy (non-hydrogen) atoms. The van der Waals surface area contributed by atoms with Gasteiger partial charge in [0.1, 0.15) is 18.0 Å². The fourth-order valence-electron chi connectivity index (χ4n) is 7.42. The van der Waals surface area contributed by atoms with E-state index in [1.807, 2.05) is 43.3 Å². The molecule has 0 spiro atoms. The van der Waals surface area contributed by atoms with Crippen molar-refractivity contribution in [1.29, 1.82) is 0 Å². The van der Waals surface area contributed by atoms with Crippen LogP contribution in [0.4, 0.5) is 0 Å². The number of phenols is 1. The molecule has 3 heterocycles. The third-order valence-electron chi connectivity index (χ3n) is 10.1. The first kappa shape index (κ1) is 37.2. The first-order chi connectivity index (χ1) is 26.0. The summed E-state index contributed by atoms with van der Waals surface area (Å²) >= 11 is 6.72. The van der Waals surface area contributed by atoms with Crippen LogP contribution in [0.25, 0.3) is 10.9 Å². The van der Waals surface area contributed by atoms with Gasteiger partial charge in [0.15, 0.2) is 0 Å². The van der Waals surface area contributed by atoms with Crippen LogP contribution in [0, 0.1) is 6.92 Å². The van der Waals surface area contributed by atoms with Crippen molar-refractivity contribution in [1.82, 2.24) is 23.8 Å². The lowest BCUT2D eigenvalue weighted by Gasteiger charge is -2.55. The number of rotatable bonds is 11. The summed E-state index contributed by atoms with van der Waals surface area (Å²) in [6, 6.07) is 27.6. The van der Waals surface area contributed by atoms with E-state index >= 15 is 0 Å². The Balaban J connectivity index is 1.29. The molecule has 2 aliphatic rings. The standard InChI is InChI=1S/C41H42ClN5O6S/c1-3-22-44-27-39(50)46-36(23-30-14-17-32(48)18-15-30)41(51)43(26-37(46)47(44)38(49)21-16-29-8-5-4-6-9-29)24-31-10-7-11-34-35(42)25-45(40(31)34)54(52,53)33-19-12-28(2)13-20-33/h3-15,17-20,25,36-37,48,52-53H,1,16,21-24,26-27H2,2H3/t36-,37-/m0/s1. The van der Waals surface area contributed by atoms with Crippen molar-refractivity contribution in [2.75, 3.05) is 19.6 Å². The minimum Gasteiger partial charge on any atom is -0.508 e. The number of aromatic nitrogens is 1. The van der Waals surface area contributed by atoms with E-state index in [-0.39, 0.29) is 62.5 Å². The summed E-state index contributed by atoms with van der Waals surface area (Å²) in [4.78, 5) is 46.5. The Bertz CT molecular complexity index is 2190. The number of hydrogen-bond acceptors (Lipinski definition) is 7. The number of aryl methyl sites for hydroxylation is 2. The summed E-state index contributed by atoms with van der Waals surface area (Å²) in [5.74, 6) is -0.743. The molecule has 3 amide bonds. The lowest BCUT2D eigenvalue weighted by Crippen LogP contribution is -2.75. The zero-order chi connectivity index (χ0) is 38.1. The van der Waals surface area contributed by atoms with E-state index in [1.165, 1.54) is 22.3 Å². The number of fused-ring (bicyclic) bond motifs is 2. The molecule has 13 heteroatoms. The first-order valence-electron chi connectivity index (χ1n) is 17.7. The number of benzene rings is 4. The number of carbonyl (C=O) groups is 3. The molecular formula is C41H42ClN5O6S. The summed E-state index contributed by atoms with van der Waals surface area (Å²) in [7, 11) is -3.60. The van der Waals surface area contributed by atoms with Gasteiger partial charge in [-0.15, -0.1) is 6.58 Å². The smallest absolute Gasteiger partial charge is 0.246 e. The maximum absolute atomic E-state index is 14.7. The molecule has 2 fully saturated rings. The van der Waals surface area contributed by atoms with Gasteiger partial charge in [-0.05, 0) is 54.3 Å². The number of para-hydroxylation sites is 1. The van der Waals surface area contributed by atoms with Gasteiger partial charge in [0.25, 0.3) is 0 Å². The van der Waals surface area contributed by atoms with Gasteiger partial charge in [-0.25, -0.2) is 14.0 Å². The molecule has 0 radical (unpaired) electrons. The molecule has 0 unspecified atom stereocenters. The lowest BCUT2D eigenvalue weighted by molar-refractivity contribution is -0.205. The fourth-order valence-corrected chi connectivity index (χ4v) is 9.18. The Morgan fingerprint density at radius 2 is 1.67 bits per heavy atom. The van der Waals surface area contributed by atoms with Gasteiger partial charge >= 0.3 is 0 Å². The predicted molar refractivity (Wildman–Crippen MR) is 210 cm³/mol. The molecule has 0 aliphatic carbocycles. The highest BCUT2D eigenvalue weighted by atomic mass is 35.5. The second-order valence-electron chi connectivity index (χ2n) is 13.7. The summed E-state index contributed by atoms with van der Waals surface area (Å²) in [6.45, 7) is 5.95. The Morgan fingerprint density at radius 1 is 0.944 bits per heavy atom. The molecule has 0 saturated carbocycles. The van der Waals surface area contributed by atoms with Crippen LogP contribution < -0.4 is 0 Å². The second-order valence-corrected chi connectivity index (χ2v) is 16.0. The molecule has 280 valence electrons. The van der Waals surface area contributed by atoms with E-state index in [4.69, 9.17) is 11.6 Å². The maximum Gasteiger partial charge on any atom is 0.246 e. The predicted octanol–water partition coefficient (Wildman–Crippen LogP) is 6.87. The number of nitrogens with zero attached hydrogens (tertiary/aromatic N) is 5. The molecule has 2 aliphatic heterocycles. The van der Waals surface area contributed by atoms with Crippen molar-refractivity contribution in [2.45, 2.75) is 49.8 Å². The fraction of sp³-hybridized carbons (Fsp3) is 0.244. The minimum absolute atomic E-state index is 0.000408. The van der Waals surface area contributed by atoms with Crippen molar-refractivity contribution < 1.29 is 28.6 Å². The number of hydrogen-bond donors (Lipinski definition) is 3. The summed E-state index contributed by atoms with van der Waals surface area (Å²) in [5, 5.41) is 14.2. The summed E-state index contributed by atoms with van der Waals surface area (Å²) < 4.78 is 24.8. The van der Waals surface area contributed by atoms with Crippen molar-refractivity contribution in [3.63, 3.8) is 0 Å². The van der Waals surface area contributed by atoms with Crippen LogP contribution in [0.15, 0.2) is 121 Å². The van der Waals surface area contributed by atoms with E-state index in [9.17, 15) is 28.6 Å². The van der Waals surface area contributed by atoms with E-state index in [0.29, 0.717) is 32.8 Å². The quantitative estimate of drug-likeness (QED) is 0.125. The number of aromatic hydroxyl groups is 1. The maximum atomic E-state index is 14.7. The zero-order valence-corrected chi connectivity index (χ0v) is 31.4. The van der Waals surface area contributed by atoms with Gasteiger partial charge < -0.3 is 14.9 Å². The Labute approximate surface area is 320 Å². The highest BCUT2D eigenvalue weighted by Crippen LogP contribution is 2.53. The second kappa shape index (κ2) is 15.3. The topological polar surface area (TPSA) is 130 Å². The van der Waals surface area contributed by atoms with Gasteiger partial charge in [0.05, 0.1) is 28.5 Å². The van der Waals surface area contributed by atoms with Gasteiger partial charge in [-0.3, -0.25) is 23.5 Å². The summed E-state index contributed by atoms with van der Waals surface area (Å²) in [6.07, 6.45) is 3.12. The monoisotopic (exact) mass is 767 g/mol. The van der Waals surface area contributed by atoms with E-state index < -0.39 is 23.0 Å². The van der Waals surface area contributed by atoms with Crippen LogP contribution in [0.1, 0.15) is 28.7 Å². The van der Waals surface area contributed by atoms with Crippen LogP contribution in [-0.4, -0.2) is 87.6 Å². The third-order valence-corrected chi connectivity index (χ3v) is 12.1. The largest absolute Gasteiger partial charge is 0.508 e. The third kappa shape index (κ3) is 7.23. The van der Waals surface area contributed by atoms with E-state index in [0.717, 1.165) is 16.7 Å². The Hall–Kier alpha value is -5.11.